The van der Waals surface area contributed by atoms with E-state index in [0.29, 0.717) is 6.29 Å². The highest BCUT2D eigenvalue weighted by Gasteiger charge is 2.06. The van der Waals surface area contributed by atoms with Crippen LogP contribution in [0.25, 0.3) is 6.08 Å². The van der Waals surface area contributed by atoms with Crippen LogP contribution in [0.5, 0.6) is 0 Å². The van der Waals surface area contributed by atoms with Gasteiger partial charge >= 0.3 is 0 Å². The van der Waals surface area contributed by atoms with E-state index in [9.17, 15) is 13.6 Å². The maximum atomic E-state index is 12.8. The first-order chi connectivity index (χ1) is 6.15. The van der Waals surface area contributed by atoms with Crippen molar-refractivity contribution in [2.45, 2.75) is 0 Å². The summed E-state index contributed by atoms with van der Waals surface area (Å²) in [5.41, 5.74) is 0.256. The van der Waals surface area contributed by atoms with E-state index in [0.717, 1.165) is 18.2 Å². The topological polar surface area (TPSA) is 17.1 Å². The SMILES string of the molecule is O=CC=Cc1cc(F)c(Cl)c(F)c1. The van der Waals surface area contributed by atoms with Gasteiger partial charge in [-0.15, -0.1) is 0 Å². The summed E-state index contributed by atoms with van der Waals surface area (Å²) in [4.78, 5) is 9.91. The Morgan fingerprint density at radius 2 is 1.77 bits per heavy atom. The summed E-state index contributed by atoms with van der Waals surface area (Å²) >= 11 is 5.24. The van der Waals surface area contributed by atoms with Gasteiger partial charge in [0.05, 0.1) is 0 Å². The zero-order valence-electron chi connectivity index (χ0n) is 6.43. The minimum atomic E-state index is -0.841. The number of carbonyl (C=O) groups excluding carboxylic acids is 1. The van der Waals surface area contributed by atoms with Crippen LogP contribution in [0.15, 0.2) is 18.2 Å². The molecule has 0 unspecified atom stereocenters. The Morgan fingerprint density at radius 1 is 1.23 bits per heavy atom. The van der Waals surface area contributed by atoms with Crippen molar-refractivity contribution in [3.8, 4) is 0 Å². The molecule has 0 N–H and O–H groups in total. The lowest BCUT2D eigenvalue weighted by atomic mass is 10.2. The van der Waals surface area contributed by atoms with E-state index in [4.69, 9.17) is 11.6 Å². The predicted molar refractivity (Wildman–Crippen MR) is 46.5 cm³/mol. The Kier molecular flexibility index (Phi) is 3.14. The highest BCUT2D eigenvalue weighted by molar-refractivity contribution is 6.30. The fraction of sp³-hybridized carbons (Fsp3) is 0. The quantitative estimate of drug-likeness (QED) is 0.410. The number of carbonyl (C=O) groups is 1. The molecule has 0 heterocycles. The summed E-state index contributed by atoms with van der Waals surface area (Å²) in [5, 5.41) is -0.539. The second-order valence-electron chi connectivity index (χ2n) is 2.29. The van der Waals surface area contributed by atoms with Gasteiger partial charge in [-0.1, -0.05) is 17.7 Å². The van der Waals surface area contributed by atoms with Gasteiger partial charge in [0.25, 0.3) is 0 Å². The molecule has 0 aliphatic rings. The van der Waals surface area contributed by atoms with Gasteiger partial charge in [-0.25, -0.2) is 8.78 Å². The third kappa shape index (κ3) is 2.36. The van der Waals surface area contributed by atoms with Crippen molar-refractivity contribution in [3.63, 3.8) is 0 Å². The molecule has 0 saturated carbocycles. The largest absolute Gasteiger partial charge is 0.299 e. The first-order valence-corrected chi connectivity index (χ1v) is 3.79. The molecule has 1 rings (SSSR count). The van der Waals surface area contributed by atoms with E-state index < -0.39 is 16.7 Å². The first kappa shape index (κ1) is 9.86. The van der Waals surface area contributed by atoms with Crippen LogP contribution in [-0.2, 0) is 4.79 Å². The molecular formula is C9H5ClF2O. The Morgan fingerprint density at radius 3 is 2.23 bits per heavy atom. The Balaban J connectivity index is 3.12. The van der Waals surface area contributed by atoms with Crippen LogP contribution in [0.3, 0.4) is 0 Å². The second-order valence-corrected chi connectivity index (χ2v) is 2.67. The number of allylic oxidation sites excluding steroid dienone is 1. The average Bonchev–Trinajstić information content (AvgIpc) is 2.10. The molecule has 0 saturated heterocycles. The van der Waals surface area contributed by atoms with E-state index in [1.54, 1.807) is 0 Å². The Bertz CT molecular complexity index is 338. The minimum Gasteiger partial charge on any atom is -0.299 e. The van der Waals surface area contributed by atoms with Gasteiger partial charge in [0.15, 0.2) is 0 Å². The second kappa shape index (κ2) is 4.14. The standard InChI is InChI=1S/C9H5ClF2O/c10-9-7(11)4-6(2-1-3-13)5-8(9)12/h1-5H. The van der Waals surface area contributed by atoms with Gasteiger partial charge in [0.1, 0.15) is 22.9 Å². The molecule has 13 heavy (non-hydrogen) atoms. The number of hydrogen-bond donors (Lipinski definition) is 0. The van der Waals surface area contributed by atoms with Crippen LogP contribution in [0.2, 0.25) is 5.02 Å². The molecule has 1 nitrogen and oxygen atoms in total. The van der Waals surface area contributed by atoms with Gasteiger partial charge in [-0.05, 0) is 23.8 Å². The van der Waals surface area contributed by atoms with Crippen molar-refractivity contribution in [1.29, 1.82) is 0 Å². The molecule has 0 bridgehead atoms. The summed E-state index contributed by atoms with van der Waals surface area (Å²) < 4.78 is 25.5. The third-order valence-corrected chi connectivity index (χ3v) is 1.73. The van der Waals surface area contributed by atoms with Crippen molar-refractivity contribution in [2.24, 2.45) is 0 Å². The van der Waals surface area contributed by atoms with Crippen LogP contribution in [0.1, 0.15) is 5.56 Å². The van der Waals surface area contributed by atoms with Crippen LogP contribution in [0, 0.1) is 11.6 Å². The molecule has 0 fully saturated rings. The number of aldehydes is 1. The first-order valence-electron chi connectivity index (χ1n) is 3.41. The molecule has 4 heteroatoms. The zero-order chi connectivity index (χ0) is 9.84. The number of rotatable bonds is 2. The molecule has 0 amide bonds. The summed E-state index contributed by atoms with van der Waals surface area (Å²) in [6, 6.07) is 2.09. The molecule has 0 aliphatic heterocycles. The van der Waals surface area contributed by atoms with Gasteiger partial charge in [-0.2, -0.15) is 0 Å². The predicted octanol–water partition coefficient (Wildman–Crippen LogP) is 2.83. The van der Waals surface area contributed by atoms with Crippen molar-refractivity contribution >= 4 is 24.0 Å². The van der Waals surface area contributed by atoms with Crippen molar-refractivity contribution < 1.29 is 13.6 Å². The van der Waals surface area contributed by atoms with Crippen molar-refractivity contribution in [1.82, 2.24) is 0 Å². The normalized spacial score (nSPS) is 10.7. The van der Waals surface area contributed by atoms with Crippen molar-refractivity contribution in [3.05, 3.63) is 40.4 Å². The lowest BCUT2D eigenvalue weighted by Crippen LogP contribution is -1.85. The molecule has 68 valence electrons. The lowest BCUT2D eigenvalue weighted by molar-refractivity contribution is -0.104. The van der Waals surface area contributed by atoms with E-state index in [-0.39, 0.29) is 5.56 Å². The monoisotopic (exact) mass is 202 g/mol. The molecule has 0 aliphatic carbocycles. The average molecular weight is 203 g/mol. The minimum absolute atomic E-state index is 0.256. The molecule has 0 radical (unpaired) electrons. The Labute approximate surface area is 78.6 Å². The molecule has 1 aromatic rings. The smallest absolute Gasteiger partial charge is 0.145 e. The van der Waals surface area contributed by atoms with Gasteiger partial charge < -0.3 is 0 Å². The summed E-state index contributed by atoms with van der Waals surface area (Å²) in [7, 11) is 0. The van der Waals surface area contributed by atoms with Gasteiger partial charge in [0, 0.05) is 0 Å². The van der Waals surface area contributed by atoms with E-state index in [1.807, 2.05) is 0 Å². The molecule has 0 aromatic heterocycles. The van der Waals surface area contributed by atoms with Crippen LogP contribution in [-0.4, -0.2) is 6.29 Å². The van der Waals surface area contributed by atoms with Gasteiger partial charge in [-0.3, -0.25) is 4.79 Å². The van der Waals surface area contributed by atoms with E-state index in [2.05, 4.69) is 0 Å². The lowest BCUT2D eigenvalue weighted by Gasteiger charge is -1.97. The maximum absolute atomic E-state index is 12.8. The summed E-state index contributed by atoms with van der Waals surface area (Å²) in [6.45, 7) is 0. The van der Waals surface area contributed by atoms with Crippen LogP contribution in [0.4, 0.5) is 8.78 Å². The van der Waals surface area contributed by atoms with E-state index in [1.165, 1.54) is 6.08 Å². The maximum Gasteiger partial charge on any atom is 0.145 e. The molecule has 1 aromatic carbocycles. The van der Waals surface area contributed by atoms with Crippen LogP contribution < -0.4 is 0 Å². The summed E-state index contributed by atoms with van der Waals surface area (Å²) in [6.07, 6.45) is 2.95. The fourth-order valence-corrected chi connectivity index (χ4v) is 0.931. The molecule has 0 atom stereocenters. The highest BCUT2D eigenvalue weighted by atomic mass is 35.5. The fourth-order valence-electron chi connectivity index (χ4n) is 0.822. The Hall–Kier alpha value is -1.22. The number of halogens is 3. The van der Waals surface area contributed by atoms with E-state index >= 15 is 0 Å². The highest BCUT2D eigenvalue weighted by Crippen LogP contribution is 2.20. The third-order valence-electron chi connectivity index (χ3n) is 1.37. The number of hydrogen-bond acceptors (Lipinski definition) is 1. The zero-order valence-corrected chi connectivity index (χ0v) is 7.18. The molecular weight excluding hydrogens is 198 g/mol. The summed E-state index contributed by atoms with van der Waals surface area (Å²) in [5.74, 6) is -1.68. The van der Waals surface area contributed by atoms with Crippen LogP contribution >= 0.6 is 11.6 Å². The van der Waals surface area contributed by atoms with Gasteiger partial charge in [0.2, 0.25) is 0 Å². The van der Waals surface area contributed by atoms with Crippen molar-refractivity contribution in [2.75, 3.05) is 0 Å². The molecule has 0 spiro atoms. The number of benzene rings is 1.